The first-order valence-corrected chi connectivity index (χ1v) is 6.44. The van der Waals surface area contributed by atoms with Crippen LogP contribution >= 0.6 is 15.9 Å². The molecule has 1 rings (SSSR count). The van der Waals surface area contributed by atoms with Crippen LogP contribution in [0.1, 0.15) is 36.9 Å². The monoisotopic (exact) mass is 285 g/mol. The molecule has 0 saturated carbocycles. The molecule has 0 bridgehead atoms. The van der Waals surface area contributed by atoms with Gasteiger partial charge in [0.05, 0.1) is 7.11 Å². The van der Waals surface area contributed by atoms with Crippen LogP contribution in [0.5, 0.6) is 5.75 Å². The van der Waals surface area contributed by atoms with Crippen molar-refractivity contribution in [2.24, 2.45) is 0 Å². The van der Waals surface area contributed by atoms with Crippen LogP contribution in [0, 0.1) is 6.92 Å². The molecule has 0 saturated heterocycles. The van der Waals surface area contributed by atoms with Crippen LogP contribution in [-0.4, -0.2) is 14.2 Å². The Morgan fingerprint density at radius 1 is 1.44 bits per heavy atom. The molecule has 0 fully saturated rings. The number of benzene rings is 1. The van der Waals surface area contributed by atoms with E-state index < -0.39 is 0 Å². The number of methoxy groups -OCH3 is 1. The molecule has 1 aromatic carbocycles. The van der Waals surface area contributed by atoms with Gasteiger partial charge in [0.15, 0.2) is 0 Å². The molecule has 90 valence electrons. The van der Waals surface area contributed by atoms with Crippen molar-refractivity contribution in [1.29, 1.82) is 0 Å². The first kappa shape index (κ1) is 13.5. The second-order valence-electron chi connectivity index (χ2n) is 3.97. The summed E-state index contributed by atoms with van der Waals surface area (Å²) in [7, 11) is 3.72. The molecule has 1 atom stereocenters. The van der Waals surface area contributed by atoms with Gasteiger partial charge in [-0.25, -0.2) is 0 Å². The van der Waals surface area contributed by atoms with Crippen LogP contribution < -0.4 is 10.1 Å². The molecule has 1 aromatic rings. The van der Waals surface area contributed by atoms with Crippen LogP contribution in [0.4, 0.5) is 0 Å². The molecule has 1 unspecified atom stereocenters. The summed E-state index contributed by atoms with van der Waals surface area (Å²) in [5, 5.41) is 3.34. The van der Waals surface area contributed by atoms with Crippen molar-refractivity contribution < 1.29 is 4.74 Å². The van der Waals surface area contributed by atoms with E-state index in [9.17, 15) is 0 Å². The van der Waals surface area contributed by atoms with E-state index >= 15 is 0 Å². The van der Waals surface area contributed by atoms with Crippen molar-refractivity contribution in [3.05, 3.63) is 27.7 Å². The van der Waals surface area contributed by atoms with E-state index in [1.165, 1.54) is 11.1 Å². The number of ether oxygens (including phenoxy) is 1. The molecule has 3 heteroatoms. The van der Waals surface area contributed by atoms with Gasteiger partial charge in [-0.05, 0) is 38.1 Å². The van der Waals surface area contributed by atoms with Gasteiger partial charge in [0.1, 0.15) is 5.75 Å². The molecule has 0 amide bonds. The minimum absolute atomic E-state index is 0.358. The van der Waals surface area contributed by atoms with Crippen molar-refractivity contribution in [3.63, 3.8) is 0 Å². The fraction of sp³-hybridized carbons (Fsp3) is 0.538. The molecular formula is C13H20BrNO. The summed E-state index contributed by atoms with van der Waals surface area (Å²) in [6.07, 6.45) is 2.27. The predicted octanol–water partition coefficient (Wildman–Crippen LogP) is 3.83. The van der Waals surface area contributed by atoms with Gasteiger partial charge in [0, 0.05) is 16.1 Å². The predicted molar refractivity (Wildman–Crippen MR) is 72.1 cm³/mol. The molecule has 0 aliphatic heterocycles. The van der Waals surface area contributed by atoms with Gasteiger partial charge in [0.25, 0.3) is 0 Å². The quantitative estimate of drug-likeness (QED) is 0.888. The van der Waals surface area contributed by atoms with Gasteiger partial charge in [-0.3, -0.25) is 0 Å². The highest BCUT2D eigenvalue weighted by molar-refractivity contribution is 9.10. The molecule has 0 aliphatic carbocycles. The summed E-state index contributed by atoms with van der Waals surface area (Å²) in [5.74, 6) is 0.966. The summed E-state index contributed by atoms with van der Waals surface area (Å²) in [4.78, 5) is 0. The SMILES string of the molecule is CCCC(NC)c1cc(Br)c(C)cc1OC. The third-order valence-electron chi connectivity index (χ3n) is 2.81. The van der Waals surface area contributed by atoms with Crippen molar-refractivity contribution >= 4 is 15.9 Å². The van der Waals surface area contributed by atoms with E-state index in [1.807, 2.05) is 7.05 Å². The van der Waals surface area contributed by atoms with Crippen molar-refractivity contribution in [1.82, 2.24) is 5.32 Å². The van der Waals surface area contributed by atoms with Gasteiger partial charge in [-0.2, -0.15) is 0 Å². The third-order valence-corrected chi connectivity index (χ3v) is 3.67. The smallest absolute Gasteiger partial charge is 0.123 e. The number of rotatable bonds is 5. The largest absolute Gasteiger partial charge is 0.496 e. The molecule has 2 nitrogen and oxygen atoms in total. The van der Waals surface area contributed by atoms with E-state index in [4.69, 9.17) is 4.74 Å². The topological polar surface area (TPSA) is 21.3 Å². The van der Waals surface area contributed by atoms with Crippen molar-refractivity contribution in [2.45, 2.75) is 32.7 Å². The normalized spacial score (nSPS) is 12.6. The molecule has 16 heavy (non-hydrogen) atoms. The number of hydrogen-bond acceptors (Lipinski definition) is 2. The van der Waals surface area contributed by atoms with E-state index in [0.29, 0.717) is 6.04 Å². The summed E-state index contributed by atoms with van der Waals surface area (Å²) in [6, 6.07) is 4.60. The maximum Gasteiger partial charge on any atom is 0.123 e. The lowest BCUT2D eigenvalue weighted by atomic mass is 10.00. The molecule has 0 heterocycles. The second kappa shape index (κ2) is 6.26. The van der Waals surface area contributed by atoms with Crippen LogP contribution in [0.2, 0.25) is 0 Å². The molecule has 1 N–H and O–H groups in total. The summed E-state index contributed by atoms with van der Waals surface area (Å²) in [5.41, 5.74) is 2.43. The summed E-state index contributed by atoms with van der Waals surface area (Å²) in [6.45, 7) is 4.27. The standard InChI is InChI=1S/C13H20BrNO/c1-5-6-12(15-3)10-8-11(14)9(2)7-13(10)16-4/h7-8,12,15H,5-6H2,1-4H3. The molecule has 0 aliphatic rings. The maximum absolute atomic E-state index is 5.45. The highest BCUT2D eigenvalue weighted by atomic mass is 79.9. The Hall–Kier alpha value is -0.540. The number of hydrogen-bond donors (Lipinski definition) is 1. The van der Waals surface area contributed by atoms with E-state index in [-0.39, 0.29) is 0 Å². The fourth-order valence-electron chi connectivity index (χ4n) is 1.86. The minimum Gasteiger partial charge on any atom is -0.496 e. The highest BCUT2D eigenvalue weighted by Gasteiger charge is 2.15. The summed E-state index contributed by atoms with van der Waals surface area (Å²) >= 11 is 3.57. The number of halogens is 1. The zero-order chi connectivity index (χ0) is 12.1. The lowest BCUT2D eigenvalue weighted by molar-refractivity contribution is 0.398. The Bertz CT molecular complexity index is 352. The molecule has 0 aromatic heterocycles. The first-order valence-electron chi connectivity index (χ1n) is 5.65. The minimum atomic E-state index is 0.358. The average Bonchev–Trinajstić information content (AvgIpc) is 2.29. The van der Waals surface area contributed by atoms with Crippen molar-refractivity contribution in [3.8, 4) is 5.75 Å². The first-order chi connectivity index (χ1) is 7.63. The van der Waals surface area contributed by atoms with Crippen LogP contribution in [0.25, 0.3) is 0 Å². The van der Waals surface area contributed by atoms with Crippen LogP contribution in [0.3, 0.4) is 0 Å². The lowest BCUT2D eigenvalue weighted by Gasteiger charge is -2.20. The average molecular weight is 286 g/mol. The van der Waals surface area contributed by atoms with Gasteiger partial charge in [-0.1, -0.05) is 29.3 Å². The summed E-state index contributed by atoms with van der Waals surface area (Å²) < 4.78 is 6.59. The van der Waals surface area contributed by atoms with E-state index in [0.717, 1.165) is 23.1 Å². The van der Waals surface area contributed by atoms with E-state index in [2.05, 4.69) is 47.2 Å². The van der Waals surface area contributed by atoms with Crippen LogP contribution in [-0.2, 0) is 0 Å². The zero-order valence-electron chi connectivity index (χ0n) is 10.4. The zero-order valence-corrected chi connectivity index (χ0v) is 12.0. The second-order valence-corrected chi connectivity index (χ2v) is 4.83. The fourth-order valence-corrected chi connectivity index (χ4v) is 2.22. The third kappa shape index (κ3) is 2.98. The number of nitrogens with one attached hydrogen (secondary N) is 1. The highest BCUT2D eigenvalue weighted by Crippen LogP contribution is 2.32. The van der Waals surface area contributed by atoms with E-state index in [1.54, 1.807) is 7.11 Å². The van der Waals surface area contributed by atoms with Gasteiger partial charge >= 0.3 is 0 Å². The molecule has 0 radical (unpaired) electrons. The Labute approximate surface area is 107 Å². The maximum atomic E-state index is 5.45. The Morgan fingerprint density at radius 3 is 2.62 bits per heavy atom. The Morgan fingerprint density at radius 2 is 2.12 bits per heavy atom. The lowest BCUT2D eigenvalue weighted by Crippen LogP contribution is -2.17. The molecule has 0 spiro atoms. The number of aryl methyl sites for hydroxylation is 1. The Kier molecular flexibility index (Phi) is 5.29. The Balaban J connectivity index is 3.13. The van der Waals surface area contributed by atoms with Crippen LogP contribution in [0.15, 0.2) is 16.6 Å². The van der Waals surface area contributed by atoms with Gasteiger partial charge in [0.2, 0.25) is 0 Å². The molecular weight excluding hydrogens is 266 g/mol. The van der Waals surface area contributed by atoms with Crippen molar-refractivity contribution in [2.75, 3.05) is 14.2 Å². The van der Waals surface area contributed by atoms with Gasteiger partial charge in [-0.15, -0.1) is 0 Å². The van der Waals surface area contributed by atoms with Gasteiger partial charge < -0.3 is 10.1 Å².